The van der Waals surface area contributed by atoms with E-state index < -0.39 is 38.2 Å². The number of pyridine rings is 5. The van der Waals surface area contributed by atoms with Crippen LogP contribution in [0.1, 0.15) is 384 Å². The van der Waals surface area contributed by atoms with Gasteiger partial charge in [0, 0.05) is 87.0 Å². The number of aliphatic hydroxyl groups is 3. The number of aliphatic hydroxyl groups excluding tert-OH is 3. The van der Waals surface area contributed by atoms with E-state index in [0.29, 0.717) is 12.2 Å². The van der Waals surface area contributed by atoms with Gasteiger partial charge in [-0.25, -0.2) is 29.9 Å². The number of aromatic nitrogens is 5. The molecule has 0 aliphatic carbocycles. The first kappa shape index (κ1) is 147. The first-order chi connectivity index (χ1) is 65.9. The maximum Gasteiger partial charge on any atom is 0.151 e. The van der Waals surface area contributed by atoms with Crippen LogP contribution >= 0.6 is 0 Å². The van der Waals surface area contributed by atoms with E-state index in [1.54, 1.807) is 44.8 Å². The Bertz CT molecular complexity index is 3380. The van der Waals surface area contributed by atoms with Gasteiger partial charge in [0.15, 0.2) is 5.82 Å². The van der Waals surface area contributed by atoms with Crippen LogP contribution in [0.4, 0.5) is 29.1 Å². The molecule has 0 amide bonds. The van der Waals surface area contributed by atoms with E-state index in [4.69, 9.17) is 6.85 Å². The lowest BCUT2D eigenvalue weighted by atomic mass is 9.95. The molecule has 15 nitrogen and oxygen atoms in total. The molecule has 0 spiro atoms. The van der Waals surface area contributed by atoms with E-state index in [9.17, 15) is 24.9 Å². The minimum absolute atomic E-state index is 0. The largest absolute Gasteiger partial charge is 0.396 e. The van der Waals surface area contributed by atoms with Crippen LogP contribution in [0.5, 0.6) is 0 Å². The highest BCUT2D eigenvalue weighted by atomic mass is 16.3. The Kier molecular flexibility index (Phi) is 169. The average molecular weight is 1830 g/mol. The highest BCUT2D eigenvalue weighted by molar-refractivity contribution is 5.81. The van der Waals surface area contributed by atoms with E-state index in [1.165, 1.54) is 0 Å². The van der Waals surface area contributed by atoms with Crippen molar-refractivity contribution in [1.82, 2.24) is 24.9 Å². The van der Waals surface area contributed by atoms with Gasteiger partial charge >= 0.3 is 0 Å². The summed E-state index contributed by atoms with van der Waals surface area (Å²) in [6, 6.07) is 76.5. The van der Waals surface area contributed by atoms with Gasteiger partial charge in [-0.2, -0.15) is 0 Å². The fourth-order valence-electron chi connectivity index (χ4n) is 8.56. The van der Waals surface area contributed by atoms with Gasteiger partial charge in [-0.1, -0.05) is 501 Å². The van der Waals surface area contributed by atoms with Gasteiger partial charge in [-0.15, -0.1) is 0 Å². The summed E-state index contributed by atoms with van der Waals surface area (Å²) in [6.45, 7) is 85.6. The van der Waals surface area contributed by atoms with Gasteiger partial charge in [-0.05, 0) is 88.5 Å². The molecule has 0 aliphatic heterocycles. The molecule has 0 bridgehead atoms. The fourth-order valence-corrected chi connectivity index (χ4v) is 8.56. The number of hydrogen-bond donors (Lipinski definition) is 7. The second-order valence-corrected chi connectivity index (χ2v) is 20.3. The van der Waals surface area contributed by atoms with Crippen LogP contribution in [0.2, 0.25) is 0 Å². The van der Waals surface area contributed by atoms with Crippen LogP contribution in [-0.2, 0) is 9.59 Å². The molecule has 0 radical (unpaired) electrons. The zero-order valence-electron chi connectivity index (χ0n) is 96.5. The highest BCUT2D eigenvalue weighted by Gasteiger charge is 2.22. The number of hydrogen-bond acceptors (Lipinski definition) is 15. The third-order valence-corrected chi connectivity index (χ3v) is 13.4. The zero-order chi connectivity index (χ0) is 109. The molecular formula is C116H210N10O5. The summed E-state index contributed by atoms with van der Waals surface area (Å²) in [5, 5.41) is 41.7. The fraction of sp³-hybridized carbons (Fsp3) is 0.500. The standard InChI is InChI=1S/3C15H18N2O.C15H16N2O.C12H10N2.C3H6O.20C2H6.CH4/c4*1-12(11-18)15(13-7-3-2-4-8-13)17-14-9-5-6-10-16-14;1-2-6-11(7-3-1)10-14-12-8-4-5-9-13-12;1-2-3-4;20*1-2;/h3*2-10,12,15,18H,11H2,1H3,(H,16,17);2-12,15H,1H3,(H,16,17);1-10H;3H,2H2,1H3;20*1-2H3;1H4/i4*11D;;3D;;;;;;;;;;;;;;;;;;;;;. The number of carbonyl (C=O) groups is 2. The Balaban J connectivity index is -0.0000000783. The maximum absolute atomic E-state index is 11.4. The number of nitrogens with zero attached hydrogens (tertiary/aromatic N) is 6. The van der Waals surface area contributed by atoms with Gasteiger partial charge in [-0.3, -0.25) is 0 Å². The van der Waals surface area contributed by atoms with Crippen LogP contribution in [0.3, 0.4) is 0 Å². The number of aliphatic imine (C=N–C) groups is 1. The number of aldehydes is 2. The Morgan fingerprint density at radius 2 is 0.473 bits per heavy atom. The van der Waals surface area contributed by atoms with E-state index in [-0.39, 0.29) is 49.3 Å². The van der Waals surface area contributed by atoms with E-state index in [1.807, 2.05) is 547 Å². The smallest absolute Gasteiger partial charge is 0.151 e. The van der Waals surface area contributed by atoms with Gasteiger partial charge in [0.1, 0.15) is 38.5 Å². The molecule has 0 aliphatic rings. The van der Waals surface area contributed by atoms with Crippen molar-refractivity contribution in [2.75, 3.05) is 41.0 Å². The summed E-state index contributed by atoms with van der Waals surface area (Å²) in [6.07, 6.45) is 9.63. The molecule has 0 saturated heterocycles. The molecule has 0 saturated carbocycles. The average Bonchev–Trinajstić information content (AvgIpc) is 0.863. The summed E-state index contributed by atoms with van der Waals surface area (Å²) in [5.41, 5.74) is 5.16. The van der Waals surface area contributed by atoms with Crippen LogP contribution in [0.15, 0.2) is 279 Å². The van der Waals surface area contributed by atoms with Crippen molar-refractivity contribution in [1.29, 1.82) is 0 Å². The number of benzene rings is 5. The van der Waals surface area contributed by atoms with Crippen molar-refractivity contribution in [2.24, 2.45) is 28.7 Å². The second kappa shape index (κ2) is 151. The van der Waals surface area contributed by atoms with Crippen molar-refractivity contribution in [3.63, 3.8) is 0 Å². The topological polar surface area (TPSA) is 220 Å². The van der Waals surface area contributed by atoms with Crippen molar-refractivity contribution in [2.45, 2.75) is 350 Å². The Morgan fingerprint density at radius 1 is 0.290 bits per heavy atom. The minimum atomic E-state index is -1.14. The molecule has 754 valence electrons. The quantitative estimate of drug-likeness (QED) is 0.0234. The maximum atomic E-state index is 11.4. The molecular weight excluding hydrogens is 1610 g/mol. The van der Waals surface area contributed by atoms with Gasteiger partial charge < -0.3 is 46.2 Å². The molecule has 0 fully saturated rings. The van der Waals surface area contributed by atoms with E-state index >= 15 is 0 Å². The summed E-state index contributed by atoms with van der Waals surface area (Å²) in [5.74, 6) is 2.47. The SMILES string of the molecule is C.C(=Nc1ccccn1)c1ccccc1.CC.CC.CC.CC.CC.CC.CC.CC.CC.CC.CC.CC.CC.CC.CC.CC.CC.CC.CC.CC.[2H]C(=O)C(C)C(Nc1ccccn1)c1ccccc1.[2H]C(=O)CC.[2H]C(O)C(C)C(Nc1ccccn1)c1ccccc1.[2H]C(O)C(C)C(Nc1ccccn1)c1ccccc1.[2H]C(O)C(C)C(Nc1ccccn1)c1ccccc1. The minimum Gasteiger partial charge on any atom is -0.396 e. The molecule has 10 rings (SSSR count). The molecule has 10 aromatic rings. The number of carbonyl (C=O) groups excluding carboxylic acids is 2. The summed E-state index contributed by atoms with van der Waals surface area (Å²) >= 11 is 0. The summed E-state index contributed by atoms with van der Waals surface area (Å²) in [4.78, 5) is 46.1. The van der Waals surface area contributed by atoms with Crippen molar-refractivity contribution < 1.29 is 31.8 Å². The second-order valence-electron chi connectivity index (χ2n) is 20.3. The normalized spacial score (nSPS) is 11.1. The molecule has 131 heavy (non-hydrogen) atoms. The Labute approximate surface area is 820 Å². The first-order valence-electron chi connectivity index (χ1n) is 52.4. The summed E-state index contributed by atoms with van der Waals surface area (Å²) < 4.78 is 36.1. The predicted molar refractivity (Wildman–Crippen MR) is 600 cm³/mol. The Hall–Kier alpha value is -10.1. The molecule has 5 heterocycles. The molecule has 5 aromatic heterocycles. The van der Waals surface area contributed by atoms with E-state index in [2.05, 4.69) is 51.2 Å². The van der Waals surface area contributed by atoms with E-state index in [0.717, 1.165) is 51.1 Å². The highest BCUT2D eigenvalue weighted by Crippen LogP contribution is 2.29. The van der Waals surface area contributed by atoms with Crippen LogP contribution in [0.25, 0.3) is 0 Å². The van der Waals surface area contributed by atoms with Gasteiger partial charge in [0.25, 0.3) is 0 Å². The monoisotopic (exact) mass is 1830 g/mol. The lowest BCUT2D eigenvalue weighted by Gasteiger charge is -2.24. The van der Waals surface area contributed by atoms with Crippen molar-refractivity contribution in [3.8, 4) is 0 Å². The van der Waals surface area contributed by atoms with Crippen LogP contribution in [0, 0.1) is 23.7 Å². The summed E-state index contributed by atoms with van der Waals surface area (Å²) in [7, 11) is 0. The van der Waals surface area contributed by atoms with Gasteiger partial charge in [0.05, 0.1) is 28.3 Å². The molecule has 15 heteroatoms. The molecule has 5 aromatic carbocycles. The van der Waals surface area contributed by atoms with Crippen molar-refractivity contribution in [3.05, 3.63) is 301 Å². The van der Waals surface area contributed by atoms with Crippen LogP contribution < -0.4 is 21.3 Å². The van der Waals surface area contributed by atoms with Gasteiger partial charge in [0.2, 0.25) is 0 Å². The third kappa shape index (κ3) is 95.8. The lowest BCUT2D eigenvalue weighted by molar-refractivity contribution is -0.111. The number of nitrogens with one attached hydrogen (secondary N) is 4. The molecule has 7 N–H and O–H groups in total. The predicted octanol–water partition coefficient (Wildman–Crippen LogP) is 36.2. The lowest BCUT2D eigenvalue weighted by Crippen LogP contribution is -2.21. The molecule has 11 unspecified atom stereocenters. The Morgan fingerprint density at radius 3 is 0.649 bits per heavy atom. The first-order valence-corrected chi connectivity index (χ1v) is 49.7. The number of anilines is 4. The zero-order valence-corrected chi connectivity index (χ0v) is 91.5. The number of rotatable bonds is 23. The third-order valence-electron chi connectivity index (χ3n) is 13.4. The molecule has 11 atom stereocenters. The van der Waals surface area contributed by atoms with Crippen LogP contribution in [-0.4, -0.2) is 78.7 Å². The van der Waals surface area contributed by atoms with Crippen molar-refractivity contribution >= 4 is 47.8 Å².